The number of aliphatic hydroxyl groups excluding tert-OH is 1. The molecule has 14 heavy (non-hydrogen) atoms. The van der Waals surface area contributed by atoms with Crippen molar-refractivity contribution in [1.29, 1.82) is 0 Å². The van der Waals surface area contributed by atoms with Gasteiger partial charge in [0.15, 0.2) is 0 Å². The van der Waals surface area contributed by atoms with Gasteiger partial charge in [-0.25, -0.2) is 0 Å². The molecule has 0 heterocycles. The Morgan fingerprint density at radius 1 is 1.50 bits per heavy atom. The summed E-state index contributed by atoms with van der Waals surface area (Å²) in [5, 5.41) is 9.70. The molecule has 1 heteroatoms. The smallest absolute Gasteiger partial charge is 0.0583 e. The van der Waals surface area contributed by atoms with Crippen LogP contribution in [0.25, 0.3) is 0 Å². The van der Waals surface area contributed by atoms with E-state index in [1.54, 1.807) is 6.08 Å². The second kappa shape index (κ2) is 7.41. The van der Waals surface area contributed by atoms with Crippen LogP contribution in [0.15, 0.2) is 23.8 Å². The van der Waals surface area contributed by atoms with Gasteiger partial charge in [0.05, 0.1) is 6.10 Å². The monoisotopic (exact) mass is 192 g/mol. The molecule has 0 aromatic heterocycles. The van der Waals surface area contributed by atoms with Gasteiger partial charge in [0, 0.05) is 0 Å². The number of aliphatic hydroxyl groups is 1. The van der Waals surface area contributed by atoms with Gasteiger partial charge in [0.25, 0.3) is 0 Å². The second-order valence-corrected chi connectivity index (χ2v) is 3.87. The third kappa shape index (κ3) is 6.51. The number of hydrogen-bond acceptors (Lipinski definition) is 1. The maximum absolute atomic E-state index is 9.70. The Balaban J connectivity index is 4.18. The minimum atomic E-state index is -0.286. The number of hydrogen-bond donors (Lipinski definition) is 1. The molecule has 0 radical (unpaired) electrons. The van der Waals surface area contributed by atoms with Crippen LogP contribution < -0.4 is 0 Å². The first-order chi connectivity index (χ1) is 6.60. The van der Waals surface area contributed by atoms with Gasteiger partial charge in [-0.2, -0.15) is 0 Å². The molecule has 1 atom stereocenters. The fourth-order valence-corrected chi connectivity index (χ4v) is 1.40. The quantitative estimate of drug-likeness (QED) is 0.524. The van der Waals surface area contributed by atoms with E-state index in [0.29, 0.717) is 12.3 Å². The van der Waals surface area contributed by atoms with E-state index in [0.717, 1.165) is 12.0 Å². The number of allylic oxidation sites excluding steroid dienone is 3. The summed E-state index contributed by atoms with van der Waals surface area (Å²) in [6.45, 7) is 6.14. The zero-order chi connectivity index (χ0) is 11.0. The molecule has 0 aliphatic carbocycles. The van der Waals surface area contributed by atoms with E-state index < -0.39 is 0 Å². The molecule has 0 amide bonds. The van der Waals surface area contributed by atoms with Crippen LogP contribution in [-0.2, 0) is 0 Å². The molecule has 0 spiro atoms. The van der Waals surface area contributed by atoms with E-state index in [4.69, 9.17) is 6.42 Å². The summed E-state index contributed by atoms with van der Waals surface area (Å²) in [6, 6.07) is 0. The SMILES string of the molecule is C#C/C=C(\C=C/C)CC(O)CC(C)C. The van der Waals surface area contributed by atoms with Gasteiger partial charge < -0.3 is 5.11 Å². The lowest BCUT2D eigenvalue weighted by Crippen LogP contribution is -2.10. The van der Waals surface area contributed by atoms with Crippen molar-refractivity contribution in [2.45, 2.75) is 39.7 Å². The predicted octanol–water partition coefficient (Wildman–Crippen LogP) is 2.92. The topological polar surface area (TPSA) is 20.2 Å². The highest BCUT2D eigenvalue weighted by Gasteiger charge is 2.07. The van der Waals surface area contributed by atoms with Gasteiger partial charge in [-0.15, -0.1) is 6.42 Å². The van der Waals surface area contributed by atoms with E-state index in [1.807, 2.05) is 19.1 Å². The van der Waals surface area contributed by atoms with Gasteiger partial charge >= 0.3 is 0 Å². The van der Waals surface area contributed by atoms with Crippen LogP contribution in [0.4, 0.5) is 0 Å². The molecule has 0 aliphatic rings. The Bertz CT molecular complexity index is 240. The molecular weight excluding hydrogens is 172 g/mol. The first-order valence-electron chi connectivity index (χ1n) is 5.06. The fraction of sp³-hybridized carbons (Fsp3) is 0.538. The average Bonchev–Trinajstić information content (AvgIpc) is 2.03. The molecule has 0 aliphatic heterocycles. The lowest BCUT2D eigenvalue weighted by Gasteiger charge is -2.12. The molecule has 0 fully saturated rings. The molecule has 0 rings (SSSR count). The zero-order valence-corrected chi connectivity index (χ0v) is 9.33. The Kier molecular flexibility index (Phi) is 6.88. The molecule has 0 saturated carbocycles. The van der Waals surface area contributed by atoms with Gasteiger partial charge in [-0.3, -0.25) is 0 Å². The highest BCUT2D eigenvalue weighted by molar-refractivity contribution is 5.27. The third-order valence-corrected chi connectivity index (χ3v) is 1.86. The number of terminal acetylenes is 1. The summed E-state index contributed by atoms with van der Waals surface area (Å²) in [5.41, 5.74) is 1.02. The Hall–Kier alpha value is -1.00. The highest BCUT2D eigenvalue weighted by Crippen LogP contribution is 2.13. The van der Waals surface area contributed by atoms with E-state index in [-0.39, 0.29) is 6.10 Å². The molecule has 0 aromatic carbocycles. The number of rotatable bonds is 5. The van der Waals surface area contributed by atoms with E-state index in [9.17, 15) is 5.11 Å². The largest absolute Gasteiger partial charge is 0.393 e. The van der Waals surface area contributed by atoms with Gasteiger partial charge in [0.2, 0.25) is 0 Å². The van der Waals surface area contributed by atoms with Gasteiger partial charge in [0.1, 0.15) is 0 Å². The minimum Gasteiger partial charge on any atom is -0.393 e. The molecule has 78 valence electrons. The highest BCUT2D eigenvalue weighted by atomic mass is 16.3. The molecule has 1 nitrogen and oxygen atoms in total. The molecule has 0 saturated heterocycles. The molecule has 1 unspecified atom stereocenters. The molecular formula is C13H20O. The van der Waals surface area contributed by atoms with Crippen molar-refractivity contribution < 1.29 is 5.11 Å². The lowest BCUT2D eigenvalue weighted by atomic mass is 9.99. The van der Waals surface area contributed by atoms with Crippen LogP contribution in [0, 0.1) is 18.3 Å². The van der Waals surface area contributed by atoms with Gasteiger partial charge in [-0.05, 0) is 37.3 Å². The van der Waals surface area contributed by atoms with Crippen molar-refractivity contribution in [3.8, 4) is 12.3 Å². The van der Waals surface area contributed by atoms with Crippen LogP contribution in [0.3, 0.4) is 0 Å². The zero-order valence-electron chi connectivity index (χ0n) is 9.33. The van der Waals surface area contributed by atoms with Crippen LogP contribution in [0.1, 0.15) is 33.6 Å². The first kappa shape index (κ1) is 13.0. The van der Waals surface area contributed by atoms with Crippen molar-refractivity contribution >= 4 is 0 Å². The summed E-state index contributed by atoms with van der Waals surface area (Å²) in [6.07, 6.45) is 12.0. The molecule has 0 aromatic rings. The maximum Gasteiger partial charge on any atom is 0.0583 e. The van der Waals surface area contributed by atoms with E-state index >= 15 is 0 Å². The van der Waals surface area contributed by atoms with E-state index in [2.05, 4.69) is 19.8 Å². The van der Waals surface area contributed by atoms with E-state index in [1.165, 1.54) is 0 Å². The van der Waals surface area contributed by atoms with Crippen molar-refractivity contribution in [3.63, 3.8) is 0 Å². The fourth-order valence-electron chi connectivity index (χ4n) is 1.40. The lowest BCUT2D eigenvalue weighted by molar-refractivity contribution is 0.150. The molecule has 0 bridgehead atoms. The summed E-state index contributed by atoms with van der Waals surface area (Å²) in [7, 11) is 0. The summed E-state index contributed by atoms with van der Waals surface area (Å²) >= 11 is 0. The standard InChI is InChI=1S/C13H20O/c1-5-7-12(8-6-2)10-13(14)9-11(3)4/h1,6-8,11,13-14H,9-10H2,2-4H3/b8-6-,12-7+. The summed E-state index contributed by atoms with van der Waals surface area (Å²) in [4.78, 5) is 0. The first-order valence-corrected chi connectivity index (χ1v) is 5.06. The maximum atomic E-state index is 9.70. The Morgan fingerprint density at radius 2 is 2.14 bits per heavy atom. The van der Waals surface area contributed by atoms with Crippen molar-refractivity contribution in [2.75, 3.05) is 0 Å². The summed E-state index contributed by atoms with van der Waals surface area (Å²) in [5.74, 6) is 3.00. The van der Waals surface area contributed by atoms with Crippen molar-refractivity contribution in [3.05, 3.63) is 23.8 Å². The van der Waals surface area contributed by atoms with Crippen LogP contribution in [-0.4, -0.2) is 11.2 Å². The molecule has 1 N–H and O–H groups in total. The Labute approximate surface area is 87.5 Å². The third-order valence-electron chi connectivity index (χ3n) is 1.86. The minimum absolute atomic E-state index is 0.286. The van der Waals surface area contributed by atoms with Crippen LogP contribution in [0.2, 0.25) is 0 Å². The van der Waals surface area contributed by atoms with Gasteiger partial charge in [-0.1, -0.05) is 31.9 Å². The van der Waals surface area contributed by atoms with Crippen LogP contribution >= 0.6 is 0 Å². The second-order valence-electron chi connectivity index (χ2n) is 3.87. The summed E-state index contributed by atoms with van der Waals surface area (Å²) < 4.78 is 0. The Morgan fingerprint density at radius 3 is 2.57 bits per heavy atom. The average molecular weight is 192 g/mol. The van der Waals surface area contributed by atoms with Crippen LogP contribution in [0.5, 0.6) is 0 Å². The van der Waals surface area contributed by atoms with Crippen molar-refractivity contribution in [1.82, 2.24) is 0 Å². The van der Waals surface area contributed by atoms with Crippen molar-refractivity contribution in [2.24, 2.45) is 5.92 Å². The predicted molar refractivity (Wildman–Crippen MR) is 61.8 cm³/mol. The normalized spacial score (nSPS) is 14.7.